The van der Waals surface area contributed by atoms with E-state index in [1.807, 2.05) is 0 Å². The second kappa shape index (κ2) is 5.86. The van der Waals surface area contributed by atoms with Crippen molar-refractivity contribution in [3.63, 3.8) is 0 Å². The normalized spacial score (nSPS) is 25.5. The van der Waals surface area contributed by atoms with Gasteiger partial charge < -0.3 is 9.47 Å². The SMILES string of the molecule is O=C([C@@H]1CC=CCC1)N1CCC(c2nnc3n2CCC3)CC1. The fourth-order valence-corrected chi connectivity index (χ4v) is 4.11. The summed E-state index contributed by atoms with van der Waals surface area (Å²) in [5, 5.41) is 8.75. The molecule has 1 atom stereocenters. The van der Waals surface area contributed by atoms with Crippen LogP contribution in [0.25, 0.3) is 0 Å². The van der Waals surface area contributed by atoms with Crippen molar-refractivity contribution in [1.29, 1.82) is 0 Å². The fraction of sp³-hybridized carbons (Fsp3) is 0.706. The van der Waals surface area contributed by atoms with Crippen molar-refractivity contribution >= 4 is 5.91 Å². The number of amides is 1. The lowest BCUT2D eigenvalue weighted by Gasteiger charge is -2.34. The zero-order valence-corrected chi connectivity index (χ0v) is 13.1. The number of fused-ring (bicyclic) bond motifs is 1. The molecule has 0 unspecified atom stereocenters. The number of aryl methyl sites for hydroxylation is 1. The van der Waals surface area contributed by atoms with Gasteiger partial charge in [0.15, 0.2) is 0 Å². The van der Waals surface area contributed by atoms with Gasteiger partial charge in [-0.05, 0) is 38.5 Å². The van der Waals surface area contributed by atoms with Crippen molar-refractivity contribution in [3.05, 3.63) is 23.8 Å². The molecule has 0 bridgehead atoms. The highest BCUT2D eigenvalue weighted by Gasteiger charge is 2.31. The molecule has 2 aliphatic heterocycles. The molecule has 22 heavy (non-hydrogen) atoms. The van der Waals surface area contributed by atoms with Crippen molar-refractivity contribution in [2.24, 2.45) is 5.92 Å². The molecule has 1 aromatic heterocycles. The summed E-state index contributed by atoms with van der Waals surface area (Å²) in [4.78, 5) is 14.7. The van der Waals surface area contributed by atoms with Crippen molar-refractivity contribution in [3.8, 4) is 0 Å². The Morgan fingerprint density at radius 1 is 1.09 bits per heavy atom. The Balaban J connectivity index is 1.38. The van der Waals surface area contributed by atoms with Gasteiger partial charge in [0.2, 0.25) is 5.91 Å². The van der Waals surface area contributed by atoms with E-state index in [2.05, 4.69) is 31.8 Å². The van der Waals surface area contributed by atoms with Crippen molar-refractivity contribution in [1.82, 2.24) is 19.7 Å². The van der Waals surface area contributed by atoms with Gasteiger partial charge in [-0.25, -0.2) is 0 Å². The molecular formula is C17H24N4O. The molecule has 0 spiro atoms. The first-order valence-corrected chi connectivity index (χ1v) is 8.68. The summed E-state index contributed by atoms with van der Waals surface area (Å²) in [7, 11) is 0. The predicted octanol–water partition coefficient (Wildman–Crippen LogP) is 2.29. The van der Waals surface area contributed by atoms with Crippen LogP contribution in [-0.4, -0.2) is 38.7 Å². The lowest BCUT2D eigenvalue weighted by Crippen LogP contribution is -2.41. The number of carbonyl (C=O) groups is 1. The van der Waals surface area contributed by atoms with Gasteiger partial charge in [0, 0.05) is 37.9 Å². The largest absolute Gasteiger partial charge is 0.342 e. The topological polar surface area (TPSA) is 51.0 Å². The van der Waals surface area contributed by atoms with E-state index in [0.29, 0.717) is 11.8 Å². The standard InChI is InChI=1S/C17H24N4O/c22-17(14-5-2-1-3-6-14)20-11-8-13(9-12-20)16-19-18-15-7-4-10-21(15)16/h1-2,13-14H,3-12H2/t14-/m1/s1. The molecule has 0 radical (unpaired) electrons. The quantitative estimate of drug-likeness (QED) is 0.787. The number of piperidine rings is 1. The molecule has 1 amide bonds. The van der Waals surface area contributed by atoms with E-state index in [9.17, 15) is 4.79 Å². The van der Waals surface area contributed by atoms with Crippen LogP contribution in [0.3, 0.4) is 0 Å². The fourth-order valence-electron chi connectivity index (χ4n) is 4.11. The Kier molecular flexibility index (Phi) is 3.72. The van der Waals surface area contributed by atoms with E-state index in [4.69, 9.17) is 0 Å². The molecule has 0 saturated carbocycles. The van der Waals surface area contributed by atoms with Crippen molar-refractivity contribution in [2.45, 2.75) is 57.4 Å². The number of hydrogen-bond donors (Lipinski definition) is 0. The number of rotatable bonds is 2. The van der Waals surface area contributed by atoms with Gasteiger partial charge in [0.05, 0.1) is 0 Å². The molecule has 4 rings (SSSR count). The number of aromatic nitrogens is 3. The smallest absolute Gasteiger partial charge is 0.226 e. The van der Waals surface area contributed by atoms with Crippen LogP contribution >= 0.6 is 0 Å². The maximum absolute atomic E-state index is 12.6. The monoisotopic (exact) mass is 300 g/mol. The number of hydrogen-bond acceptors (Lipinski definition) is 3. The molecule has 0 N–H and O–H groups in total. The molecular weight excluding hydrogens is 276 g/mol. The summed E-state index contributed by atoms with van der Waals surface area (Å²) >= 11 is 0. The van der Waals surface area contributed by atoms with Gasteiger partial charge in [-0.3, -0.25) is 4.79 Å². The second-order valence-corrected chi connectivity index (χ2v) is 6.81. The van der Waals surface area contributed by atoms with Crippen molar-refractivity contribution in [2.75, 3.05) is 13.1 Å². The lowest BCUT2D eigenvalue weighted by atomic mass is 9.90. The zero-order valence-electron chi connectivity index (χ0n) is 13.1. The van der Waals surface area contributed by atoms with Crippen LogP contribution in [0.1, 0.15) is 56.1 Å². The summed E-state index contributed by atoms with van der Waals surface area (Å²) in [6, 6.07) is 0. The summed E-state index contributed by atoms with van der Waals surface area (Å²) in [6.07, 6.45) is 11.7. The van der Waals surface area contributed by atoms with E-state index >= 15 is 0 Å². The summed E-state index contributed by atoms with van der Waals surface area (Å²) in [5.41, 5.74) is 0. The van der Waals surface area contributed by atoms with Crippen LogP contribution in [0.15, 0.2) is 12.2 Å². The summed E-state index contributed by atoms with van der Waals surface area (Å²) < 4.78 is 2.31. The Labute approximate surface area is 131 Å². The van der Waals surface area contributed by atoms with E-state index in [1.165, 1.54) is 12.2 Å². The van der Waals surface area contributed by atoms with E-state index in [1.54, 1.807) is 0 Å². The van der Waals surface area contributed by atoms with Gasteiger partial charge >= 0.3 is 0 Å². The molecule has 1 aromatic rings. The zero-order chi connectivity index (χ0) is 14.9. The third-order valence-electron chi connectivity index (χ3n) is 5.43. The summed E-state index contributed by atoms with van der Waals surface area (Å²) in [6.45, 7) is 2.84. The van der Waals surface area contributed by atoms with Gasteiger partial charge in [-0.2, -0.15) is 0 Å². The minimum atomic E-state index is 0.221. The first kappa shape index (κ1) is 14.0. The minimum absolute atomic E-state index is 0.221. The Hall–Kier alpha value is -1.65. The third-order valence-corrected chi connectivity index (χ3v) is 5.43. The Morgan fingerprint density at radius 2 is 1.95 bits per heavy atom. The summed E-state index contributed by atoms with van der Waals surface area (Å²) in [5.74, 6) is 3.39. The van der Waals surface area contributed by atoms with E-state index in [-0.39, 0.29) is 5.92 Å². The molecule has 1 fully saturated rings. The maximum atomic E-state index is 12.6. The Morgan fingerprint density at radius 3 is 2.73 bits per heavy atom. The highest BCUT2D eigenvalue weighted by atomic mass is 16.2. The number of nitrogens with zero attached hydrogens (tertiary/aromatic N) is 4. The molecule has 1 aliphatic carbocycles. The number of allylic oxidation sites excluding steroid dienone is 2. The van der Waals surface area contributed by atoms with Gasteiger partial charge in [-0.1, -0.05) is 12.2 Å². The number of likely N-dealkylation sites (tertiary alicyclic amines) is 1. The molecule has 0 aromatic carbocycles. The molecule has 1 saturated heterocycles. The van der Waals surface area contributed by atoms with Crippen LogP contribution in [-0.2, 0) is 17.8 Å². The van der Waals surface area contributed by atoms with Gasteiger partial charge in [0.1, 0.15) is 11.6 Å². The third kappa shape index (κ3) is 2.46. The van der Waals surface area contributed by atoms with Gasteiger partial charge in [-0.15, -0.1) is 10.2 Å². The van der Waals surface area contributed by atoms with E-state index in [0.717, 1.165) is 64.0 Å². The average Bonchev–Trinajstić information content (AvgIpc) is 3.18. The molecule has 118 valence electrons. The first-order chi connectivity index (χ1) is 10.8. The van der Waals surface area contributed by atoms with Crippen LogP contribution in [0, 0.1) is 5.92 Å². The molecule has 3 aliphatic rings. The predicted molar refractivity (Wildman–Crippen MR) is 83.4 cm³/mol. The van der Waals surface area contributed by atoms with Crippen LogP contribution in [0.4, 0.5) is 0 Å². The van der Waals surface area contributed by atoms with Crippen molar-refractivity contribution < 1.29 is 4.79 Å². The maximum Gasteiger partial charge on any atom is 0.226 e. The van der Waals surface area contributed by atoms with E-state index < -0.39 is 0 Å². The van der Waals surface area contributed by atoms with Crippen LogP contribution in [0.2, 0.25) is 0 Å². The number of carbonyl (C=O) groups excluding carboxylic acids is 1. The van der Waals surface area contributed by atoms with Crippen LogP contribution < -0.4 is 0 Å². The van der Waals surface area contributed by atoms with Gasteiger partial charge in [0.25, 0.3) is 0 Å². The lowest BCUT2D eigenvalue weighted by molar-refractivity contribution is -0.136. The first-order valence-electron chi connectivity index (χ1n) is 8.68. The highest BCUT2D eigenvalue weighted by Crippen LogP contribution is 2.31. The molecule has 5 heteroatoms. The Bertz CT molecular complexity index is 583. The average molecular weight is 300 g/mol. The minimum Gasteiger partial charge on any atom is -0.342 e. The van der Waals surface area contributed by atoms with Crippen LogP contribution in [0.5, 0.6) is 0 Å². The molecule has 3 heterocycles. The highest BCUT2D eigenvalue weighted by molar-refractivity contribution is 5.79. The molecule has 5 nitrogen and oxygen atoms in total. The second-order valence-electron chi connectivity index (χ2n) is 6.81.